The maximum absolute atomic E-state index is 13.3. The molecule has 19 heavy (non-hydrogen) atoms. The smallest absolute Gasteiger partial charge is 0.254 e. The second kappa shape index (κ2) is 6.96. The highest BCUT2D eigenvalue weighted by Crippen LogP contribution is 2.02. The van der Waals surface area contributed by atoms with E-state index in [-0.39, 0.29) is 18.3 Å². The molecule has 1 aliphatic rings. The van der Waals surface area contributed by atoms with Crippen LogP contribution >= 0.6 is 0 Å². The summed E-state index contributed by atoms with van der Waals surface area (Å²) in [7, 11) is 0. The van der Waals surface area contributed by atoms with Crippen LogP contribution in [-0.4, -0.2) is 49.9 Å². The third kappa shape index (κ3) is 4.42. The van der Waals surface area contributed by atoms with Crippen LogP contribution in [0.4, 0.5) is 4.39 Å². The average Bonchev–Trinajstić information content (AvgIpc) is 2.42. The van der Waals surface area contributed by atoms with E-state index in [1.54, 1.807) is 18.2 Å². The fourth-order valence-electron chi connectivity index (χ4n) is 1.75. The van der Waals surface area contributed by atoms with E-state index in [0.29, 0.717) is 18.8 Å². The molecule has 1 N–H and O–H groups in total. The summed E-state index contributed by atoms with van der Waals surface area (Å²) in [5.41, 5.74) is 2.73. The van der Waals surface area contributed by atoms with Gasteiger partial charge in [-0.25, -0.2) is 9.82 Å². The molecule has 6 heteroatoms. The second-order valence-corrected chi connectivity index (χ2v) is 4.20. The molecule has 1 aliphatic heterocycles. The Bertz CT molecular complexity index is 459. The molecule has 0 aliphatic carbocycles. The van der Waals surface area contributed by atoms with E-state index in [2.05, 4.69) is 10.5 Å². The molecule has 1 aromatic rings. The van der Waals surface area contributed by atoms with Crippen LogP contribution in [-0.2, 0) is 9.53 Å². The van der Waals surface area contributed by atoms with Crippen molar-refractivity contribution >= 4 is 12.1 Å². The van der Waals surface area contributed by atoms with Gasteiger partial charge < -0.3 is 4.74 Å². The summed E-state index contributed by atoms with van der Waals surface area (Å²) < 4.78 is 18.4. The zero-order chi connectivity index (χ0) is 13.5. The van der Waals surface area contributed by atoms with Crippen LogP contribution in [0.25, 0.3) is 0 Å². The lowest BCUT2D eigenvalue weighted by Crippen LogP contribution is -2.42. The molecule has 1 aromatic carbocycles. The third-order valence-corrected chi connectivity index (χ3v) is 2.77. The first kappa shape index (κ1) is 13.6. The van der Waals surface area contributed by atoms with E-state index >= 15 is 0 Å². The van der Waals surface area contributed by atoms with Gasteiger partial charge >= 0.3 is 0 Å². The molecule has 0 spiro atoms. The van der Waals surface area contributed by atoms with Gasteiger partial charge in [0.1, 0.15) is 5.82 Å². The summed E-state index contributed by atoms with van der Waals surface area (Å²) in [6.07, 6.45) is 1.30. The topological polar surface area (TPSA) is 53.9 Å². The van der Waals surface area contributed by atoms with Crippen LogP contribution in [0.1, 0.15) is 5.56 Å². The quantitative estimate of drug-likeness (QED) is 0.641. The molecule has 2 rings (SSSR count). The number of rotatable bonds is 4. The van der Waals surface area contributed by atoms with Gasteiger partial charge in [0.25, 0.3) is 5.91 Å². The van der Waals surface area contributed by atoms with Gasteiger partial charge in [0.05, 0.1) is 26.0 Å². The SMILES string of the molecule is O=C(CN1CCOCC1)N/N=C\c1ccccc1F. The average molecular weight is 265 g/mol. The van der Waals surface area contributed by atoms with Crippen molar-refractivity contribution in [1.29, 1.82) is 0 Å². The van der Waals surface area contributed by atoms with Gasteiger partial charge in [-0.05, 0) is 6.07 Å². The highest BCUT2D eigenvalue weighted by Gasteiger charge is 2.13. The number of amides is 1. The molecule has 0 radical (unpaired) electrons. The Hall–Kier alpha value is -1.79. The summed E-state index contributed by atoms with van der Waals surface area (Å²) in [6, 6.07) is 6.24. The lowest BCUT2D eigenvalue weighted by Gasteiger charge is -2.25. The number of carbonyl (C=O) groups is 1. The Morgan fingerprint density at radius 1 is 1.42 bits per heavy atom. The molecule has 5 nitrogen and oxygen atoms in total. The minimum absolute atomic E-state index is 0.213. The third-order valence-electron chi connectivity index (χ3n) is 2.77. The van der Waals surface area contributed by atoms with Gasteiger partial charge in [0, 0.05) is 18.7 Å². The van der Waals surface area contributed by atoms with Crippen molar-refractivity contribution in [2.45, 2.75) is 0 Å². The maximum atomic E-state index is 13.3. The molecule has 1 saturated heterocycles. The van der Waals surface area contributed by atoms with Crippen LogP contribution in [0.2, 0.25) is 0 Å². The molecule has 1 amide bonds. The Morgan fingerprint density at radius 3 is 2.89 bits per heavy atom. The maximum Gasteiger partial charge on any atom is 0.254 e. The van der Waals surface area contributed by atoms with Crippen molar-refractivity contribution in [1.82, 2.24) is 10.3 Å². The van der Waals surface area contributed by atoms with E-state index in [0.717, 1.165) is 13.1 Å². The molecule has 0 atom stereocenters. The number of ether oxygens (including phenoxy) is 1. The number of nitrogens with zero attached hydrogens (tertiary/aromatic N) is 2. The molecule has 1 heterocycles. The predicted octanol–water partition coefficient (Wildman–Crippen LogP) is 0.608. The zero-order valence-corrected chi connectivity index (χ0v) is 10.5. The number of hydrogen-bond acceptors (Lipinski definition) is 4. The number of morpholine rings is 1. The number of halogens is 1. The van der Waals surface area contributed by atoms with Crippen molar-refractivity contribution in [2.24, 2.45) is 5.10 Å². The Balaban J connectivity index is 1.78. The molecule has 0 unspecified atom stereocenters. The first-order valence-electron chi connectivity index (χ1n) is 6.12. The van der Waals surface area contributed by atoms with Gasteiger partial charge in [-0.1, -0.05) is 18.2 Å². The van der Waals surface area contributed by atoms with E-state index in [4.69, 9.17) is 4.74 Å². The monoisotopic (exact) mass is 265 g/mol. The Morgan fingerprint density at radius 2 is 2.16 bits per heavy atom. The lowest BCUT2D eigenvalue weighted by atomic mass is 10.2. The molecule has 102 valence electrons. The van der Waals surface area contributed by atoms with E-state index < -0.39 is 0 Å². The zero-order valence-electron chi connectivity index (χ0n) is 10.5. The summed E-state index contributed by atoms with van der Waals surface area (Å²) in [5.74, 6) is -0.580. The van der Waals surface area contributed by atoms with Crippen molar-refractivity contribution < 1.29 is 13.9 Å². The normalized spacial score (nSPS) is 16.7. The highest BCUT2D eigenvalue weighted by molar-refractivity contribution is 5.83. The highest BCUT2D eigenvalue weighted by atomic mass is 19.1. The van der Waals surface area contributed by atoms with E-state index in [1.165, 1.54) is 12.3 Å². The van der Waals surface area contributed by atoms with Crippen molar-refractivity contribution in [3.05, 3.63) is 35.6 Å². The van der Waals surface area contributed by atoms with Crippen LogP contribution in [0, 0.1) is 5.82 Å². The summed E-state index contributed by atoms with van der Waals surface area (Å²) in [4.78, 5) is 13.6. The molecular formula is C13H16FN3O2. The van der Waals surface area contributed by atoms with Crippen LogP contribution < -0.4 is 5.43 Å². The van der Waals surface area contributed by atoms with Crippen molar-refractivity contribution in [3.63, 3.8) is 0 Å². The molecule has 1 fully saturated rings. The molecule has 0 bridgehead atoms. The fraction of sp³-hybridized carbons (Fsp3) is 0.385. The Kier molecular flexibility index (Phi) is 5.00. The number of hydrazone groups is 1. The molecule has 0 aromatic heterocycles. The Labute approximate surface area is 111 Å². The molecule has 0 saturated carbocycles. The molecular weight excluding hydrogens is 249 g/mol. The number of hydrogen-bond donors (Lipinski definition) is 1. The van der Waals surface area contributed by atoms with Crippen molar-refractivity contribution in [3.8, 4) is 0 Å². The predicted molar refractivity (Wildman–Crippen MR) is 69.4 cm³/mol. The standard InChI is InChI=1S/C13H16FN3O2/c14-12-4-2-1-3-11(12)9-15-16-13(18)10-17-5-7-19-8-6-17/h1-4,9H,5-8,10H2,(H,16,18)/b15-9-. The van der Waals surface area contributed by atoms with E-state index in [9.17, 15) is 9.18 Å². The van der Waals surface area contributed by atoms with Crippen LogP contribution in [0.3, 0.4) is 0 Å². The van der Waals surface area contributed by atoms with Gasteiger partial charge in [-0.3, -0.25) is 9.69 Å². The number of carbonyl (C=O) groups excluding carboxylic acids is 1. The summed E-state index contributed by atoms with van der Waals surface area (Å²) in [6.45, 7) is 3.05. The number of nitrogens with one attached hydrogen (secondary N) is 1. The minimum atomic E-state index is -0.367. The van der Waals surface area contributed by atoms with Gasteiger partial charge in [0.15, 0.2) is 0 Å². The summed E-state index contributed by atoms with van der Waals surface area (Å²) in [5, 5.41) is 3.75. The van der Waals surface area contributed by atoms with Gasteiger partial charge in [-0.15, -0.1) is 0 Å². The van der Waals surface area contributed by atoms with Gasteiger partial charge in [0.2, 0.25) is 0 Å². The van der Waals surface area contributed by atoms with Crippen LogP contribution in [0.15, 0.2) is 29.4 Å². The summed E-state index contributed by atoms with van der Waals surface area (Å²) >= 11 is 0. The lowest BCUT2D eigenvalue weighted by molar-refractivity contribution is -0.123. The second-order valence-electron chi connectivity index (χ2n) is 4.20. The van der Waals surface area contributed by atoms with Crippen molar-refractivity contribution in [2.75, 3.05) is 32.8 Å². The largest absolute Gasteiger partial charge is 0.379 e. The first-order valence-corrected chi connectivity index (χ1v) is 6.12. The first-order chi connectivity index (χ1) is 9.25. The minimum Gasteiger partial charge on any atom is -0.379 e. The van der Waals surface area contributed by atoms with E-state index in [1.807, 2.05) is 4.90 Å². The van der Waals surface area contributed by atoms with Crippen LogP contribution in [0.5, 0.6) is 0 Å². The fourth-order valence-corrected chi connectivity index (χ4v) is 1.75. The number of benzene rings is 1. The van der Waals surface area contributed by atoms with Gasteiger partial charge in [-0.2, -0.15) is 5.10 Å².